The number of unbranched alkanes of at least 4 members (excludes halogenated alkanes) is 22. The van der Waals surface area contributed by atoms with Gasteiger partial charge < -0.3 is 14.2 Å². The first-order valence-corrected chi connectivity index (χ1v) is 24.3. The zero-order valence-electron chi connectivity index (χ0n) is 38.0. The van der Waals surface area contributed by atoms with E-state index in [0.29, 0.717) is 19.3 Å². The molecule has 0 bridgehead atoms. The number of ether oxygens (including phenoxy) is 3. The zero-order chi connectivity index (χ0) is 42.3. The highest BCUT2D eigenvalue weighted by atomic mass is 16.6. The third-order valence-corrected chi connectivity index (χ3v) is 10.3. The summed E-state index contributed by atoms with van der Waals surface area (Å²) >= 11 is 0. The molecule has 0 spiro atoms. The summed E-state index contributed by atoms with van der Waals surface area (Å²) in [5, 5.41) is 0. The van der Waals surface area contributed by atoms with Crippen LogP contribution in [0.1, 0.15) is 233 Å². The molecule has 1 atom stereocenters. The molecular weight excluding hydrogens is 721 g/mol. The van der Waals surface area contributed by atoms with Crippen LogP contribution in [-0.4, -0.2) is 37.2 Å². The van der Waals surface area contributed by atoms with E-state index in [9.17, 15) is 14.4 Å². The summed E-state index contributed by atoms with van der Waals surface area (Å²) in [5.41, 5.74) is 0. The quantitative estimate of drug-likeness (QED) is 0.0264. The Morgan fingerprint density at radius 3 is 1.05 bits per heavy atom. The van der Waals surface area contributed by atoms with Crippen molar-refractivity contribution in [2.75, 3.05) is 13.2 Å². The highest BCUT2D eigenvalue weighted by Crippen LogP contribution is 2.14. The van der Waals surface area contributed by atoms with E-state index in [0.717, 1.165) is 103 Å². The molecule has 0 fully saturated rings. The van der Waals surface area contributed by atoms with Gasteiger partial charge in [-0.05, 0) is 77.0 Å². The second kappa shape index (κ2) is 46.8. The zero-order valence-corrected chi connectivity index (χ0v) is 38.0. The van der Waals surface area contributed by atoms with Crippen LogP contribution in [-0.2, 0) is 28.6 Å². The molecule has 334 valence electrons. The Morgan fingerprint density at radius 2 is 0.672 bits per heavy atom. The number of allylic oxidation sites excluding steroid dienone is 10. The Kier molecular flexibility index (Phi) is 44.5. The van der Waals surface area contributed by atoms with Gasteiger partial charge in [-0.15, -0.1) is 0 Å². The summed E-state index contributed by atoms with van der Waals surface area (Å²) in [6.45, 7) is 6.39. The van der Waals surface area contributed by atoms with E-state index in [1.165, 1.54) is 89.9 Å². The van der Waals surface area contributed by atoms with E-state index in [-0.39, 0.29) is 31.1 Å². The van der Waals surface area contributed by atoms with Crippen molar-refractivity contribution in [2.45, 2.75) is 239 Å². The van der Waals surface area contributed by atoms with Gasteiger partial charge in [0.05, 0.1) is 0 Å². The van der Waals surface area contributed by atoms with Crippen LogP contribution >= 0.6 is 0 Å². The van der Waals surface area contributed by atoms with Gasteiger partial charge in [-0.1, -0.05) is 197 Å². The van der Waals surface area contributed by atoms with Gasteiger partial charge in [0.2, 0.25) is 0 Å². The molecule has 6 nitrogen and oxygen atoms in total. The van der Waals surface area contributed by atoms with Crippen LogP contribution in [0.25, 0.3) is 0 Å². The average Bonchev–Trinajstić information content (AvgIpc) is 3.22. The van der Waals surface area contributed by atoms with Gasteiger partial charge in [-0.2, -0.15) is 0 Å². The van der Waals surface area contributed by atoms with Gasteiger partial charge in [0.15, 0.2) is 6.10 Å². The van der Waals surface area contributed by atoms with Gasteiger partial charge in [-0.25, -0.2) is 0 Å². The van der Waals surface area contributed by atoms with Gasteiger partial charge in [0.25, 0.3) is 0 Å². The van der Waals surface area contributed by atoms with Crippen molar-refractivity contribution in [3.8, 4) is 0 Å². The largest absolute Gasteiger partial charge is 0.462 e. The lowest BCUT2D eigenvalue weighted by molar-refractivity contribution is -0.167. The fraction of sp³-hybridized carbons (Fsp3) is 0.750. The lowest BCUT2D eigenvalue weighted by Crippen LogP contribution is -2.30. The van der Waals surface area contributed by atoms with Crippen LogP contribution in [0.2, 0.25) is 0 Å². The second-order valence-electron chi connectivity index (χ2n) is 16.0. The highest BCUT2D eigenvalue weighted by Gasteiger charge is 2.19. The Hall–Kier alpha value is -2.89. The first-order valence-electron chi connectivity index (χ1n) is 24.3. The predicted octanol–water partition coefficient (Wildman–Crippen LogP) is 15.7. The number of carbonyl (C=O) groups is 3. The topological polar surface area (TPSA) is 78.9 Å². The number of rotatable bonds is 43. The maximum Gasteiger partial charge on any atom is 0.306 e. The Bertz CT molecular complexity index is 1070. The number of carbonyl (C=O) groups excluding carboxylic acids is 3. The lowest BCUT2D eigenvalue weighted by atomic mass is 10.1. The maximum atomic E-state index is 12.7. The molecule has 0 amide bonds. The Balaban J connectivity index is 4.38. The lowest BCUT2D eigenvalue weighted by Gasteiger charge is -2.18. The monoisotopic (exact) mass is 811 g/mol. The minimum Gasteiger partial charge on any atom is -0.462 e. The minimum absolute atomic E-state index is 0.0806. The summed E-state index contributed by atoms with van der Waals surface area (Å²) in [4.78, 5) is 37.8. The number of hydrogen-bond donors (Lipinski definition) is 0. The average molecular weight is 811 g/mol. The summed E-state index contributed by atoms with van der Waals surface area (Å²) in [7, 11) is 0. The SMILES string of the molecule is CC/C=C\C/C=C\C/C=C\CCCCCCCCC(=O)OCC(COC(=O)CCCCCCCCCCCC)OC(=O)CCCCCCCCC/C=C\C/C=C\CC. The molecule has 0 N–H and O–H groups in total. The van der Waals surface area contributed by atoms with E-state index in [4.69, 9.17) is 14.2 Å². The standard InChI is InChI=1S/C52H90O6/c1-4-7-10-13-16-19-22-24-26-27-29-30-33-36-39-42-45-51(54)57-48-49(47-56-50(53)44-41-38-35-32-21-18-15-12-9-6-3)58-52(55)46-43-40-37-34-31-28-25-23-20-17-14-11-8-5-2/h7-8,10-11,16-17,19-20,24,26,49H,4-6,9,12-15,18,21-23,25,27-48H2,1-3H3/b10-7-,11-8-,19-16-,20-17-,26-24-. The van der Waals surface area contributed by atoms with Gasteiger partial charge in [0.1, 0.15) is 13.2 Å². The predicted molar refractivity (Wildman–Crippen MR) is 247 cm³/mol. The van der Waals surface area contributed by atoms with Crippen molar-refractivity contribution in [3.63, 3.8) is 0 Å². The third kappa shape index (κ3) is 44.2. The van der Waals surface area contributed by atoms with Gasteiger partial charge in [0, 0.05) is 19.3 Å². The van der Waals surface area contributed by atoms with E-state index in [2.05, 4.69) is 81.5 Å². The van der Waals surface area contributed by atoms with E-state index in [1.807, 2.05) is 0 Å². The normalized spacial score (nSPS) is 12.5. The molecule has 58 heavy (non-hydrogen) atoms. The molecule has 0 radical (unpaired) electrons. The van der Waals surface area contributed by atoms with E-state index in [1.54, 1.807) is 0 Å². The molecule has 1 unspecified atom stereocenters. The van der Waals surface area contributed by atoms with Crippen LogP contribution in [0, 0.1) is 0 Å². The van der Waals surface area contributed by atoms with Crippen LogP contribution in [0.5, 0.6) is 0 Å². The molecule has 0 aliphatic rings. The van der Waals surface area contributed by atoms with Crippen molar-refractivity contribution in [2.24, 2.45) is 0 Å². The first-order chi connectivity index (χ1) is 28.5. The van der Waals surface area contributed by atoms with Crippen LogP contribution < -0.4 is 0 Å². The van der Waals surface area contributed by atoms with Crippen LogP contribution in [0.15, 0.2) is 60.8 Å². The molecule has 0 aliphatic carbocycles. The van der Waals surface area contributed by atoms with Crippen LogP contribution in [0.3, 0.4) is 0 Å². The fourth-order valence-electron chi connectivity index (χ4n) is 6.67. The van der Waals surface area contributed by atoms with Crippen molar-refractivity contribution < 1.29 is 28.6 Å². The van der Waals surface area contributed by atoms with Crippen molar-refractivity contribution >= 4 is 17.9 Å². The number of esters is 3. The second-order valence-corrected chi connectivity index (χ2v) is 16.0. The smallest absolute Gasteiger partial charge is 0.306 e. The summed E-state index contributed by atoms with van der Waals surface area (Å²) in [5.74, 6) is -0.903. The molecule has 0 aromatic heterocycles. The fourth-order valence-corrected chi connectivity index (χ4v) is 6.67. The van der Waals surface area contributed by atoms with Crippen LogP contribution in [0.4, 0.5) is 0 Å². The highest BCUT2D eigenvalue weighted by molar-refractivity contribution is 5.71. The van der Waals surface area contributed by atoms with Gasteiger partial charge in [-0.3, -0.25) is 14.4 Å². The van der Waals surface area contributed by atoms with E-state index < -0.39 is 6.10 Å². The first kappa shape index (κ1) is 55.1. The third-order valence-electron chi connectivity index (χ3n) is 10.3. The minimum atomic E-state index is -0.780. The molecule has 0 rings (SSSR count). The molecule has 6 heteroatoms. The summed E-state index contributed by atoms with van der Waals surface area (Å²) < 4.78 is 16.7. The molecule has 0 heterocycles. The van der Waals surface area contributed by atoms with Gasteiger partial charge >= 0.3 is 17.9 Å². The molecule has 0 saturated carbocycles. The molecule has 0 aromatic carbocycles. The summed E-state index contributed by atoms with van der Waals surface area (Å²) in [6, 6.07) is 0. The Labute approximate surface area is 358 Å². The number of hydrogen-bond acceptors (Lipinski definition) is 6. The molecule has 0 aliphatic heterocycles. The van der Waals surface area contributed by atoms with Crippen molar-refractivity contribution in [1.29, 1.82) is 0 Å². The Morgan fingerprint density at radius 1 is 0.362 bits per heavy atom. The molecular formula is C52H90O6. The van der Waals surface area contributed by atoms with E-state index >= 15 is 0 Å². The van der Waals surface area contributed by atoms with Crippen molar-refractivity contribution in [3.05, 3.63) is 60.8 Å². The summed E-state index contributed by atoms with van der Waals surface area (Å²) in [6.07, 6.45) is 56.3. The molecule has 0 saturated heterocycles. The van der Waals surface area contributed by atoms with Crippen molar-refractivity contribution in [1.82, 2.24) is 0 Å². The maximum absolute atomic E-state index is 12.7. The molecule has 0 aromatic rings.